The van der Waals surface area contributed by atoms with E-state index < -0.39 is 12.1 Å². The van der Waals surface area contributed by atoms with E-state index in [1.165, 1.54) is 50.5 Å². The number of ether oxygens (including phenoxy) is 1. The van der Waals surface area contributed by atoms with E-state index in [0.29, 0.717) is 13.0 Å². The molecule has 3 nitrogen and oxygen atoms in total. The van der Waals surface area contributed by atoms with Gasteiger partial charge in [0.15, 0.2) is 0 Å². The van der Waals surface area contributed by atoms with E-state index in [-0.39, 0.29) is 0 Å². The van der Waals surface area contributed by atoms with Gasteiger partial charge in [0, 0.05) is 12.3 Å². The molecule has 0 unspecified atom stereocenters. The molecule has 0 aliphatic rings. The van der Waals surface area contributed by atoms with Crippen LogP contribution in [-0.4, -0.2) is 23.8 Å². The standard InChI is InChI=1S/C23H34O3/c1-2-26-23(25)20-14-19-22(24)18-13-8-6-4-3-5-7-10-15-21-16-11-9-12-17-21/h9,11-12,16-17,22,24H,2-8,10,13,15,18-19H2,1H3/t22-/m1/s1. The van der Waals surface area contributed by atoms with Gasteiger partial charge in [-0.3, -0.25) is 0 Å². The molecule has 0 fully saturated rings. The molecule has 0 saturated carbocycles. The van der Waals surface area contributed by atoms with E-state index in [1.54, 1.807) is 6.92 Å². The van der Waals surface area contributed by atoms with Gasteiger partial charge in [0.05, 0.1) is 12.7 Å². The van der Waals surface area contributed by atoms with Crippen LogP contribution in [0.5, 0.6) is 0 Å². The molecule has 0 amide bonds. The third-order valence-electron chi connectivity index (χ3n) is 4.40. The third-order valence-corrected chi connectivity index (χ3v) is 4.40. The number of benzene rings is 1. The number of carbonyl (C=O) groups is 1. The molecular formula is C23H34O3. The molecule has 0 bridgehead atoms. The van der Waals surface area contributed by atoms with Crippen molar-refractivity contribution in [2.24, 2.45) is 0 Å². The van der Waals surface area contributed by atoms with Gasteiger partial charge in [-0.2, -0.15) is 0 Å². The number of unbranched alkanes of at least 4 members (excludes halogenated alkanes) is 7. The average Bonchev–Trinajstić information content (AvgIpc) is 2.64. The Bertz CT molecular complexity index is 527. The summed E-state index contributed by atoms with van der Waals surface area (Å²) in [5.41, 5.74) is 1.44. The Morgan fingerprint density at radius 1 is 1.00 bits per heavy atom. The van der Waals surface area contributed by atoms with Crippen LogP contribution in [0.1, 0.15) is 76.7 Å². The molecule has 1 rings (SSSR count). The molecule has 0 radical (unpaired) electrons. The highest BCUT2D eigenvalue weighted by atomic mass is 16.5. The molecule has 26 heavy (non-hydrogen) atoms. The van der Waals surface area contributed by atoms with Crippen molar-refractivity contribution >= 4 is 5.97 Å². The number of aliphatic hydroxyl groups excluding tert-OH is 1. The summed E-state index contributed by atoms with van der Waals surface area (Å²) >= 11 is 0. The van der Waals surface area contributed by atoms with E-state index in [4.69, 9.17) is 4.74 Å². The van der Waals surface area contributed by atoms with Crippen LogP contribution in [0.4, 0.5) is 0 Å². The number of rotatable bonds is 13. The zero-order valence-corrected chi connectivity index (χ0v) is 16.2. The molecule has 1 N–H and O–H groups in total. The van der Waals surface area contributed by atoms with Crippen molar-refractivity contribution in [1.82, 2.24) is 0 Å². The van der Waals surface area contributed by atoms with E-state index in [1.807, 2.05) is 0 Å². The lowest BCUT2D eigenvalue weighted by atomic mass is 10.0. The molecule has 0 spiro atoms. The normalized spacial score (nSPS) is 11.5. The molecule has 0 heterocycles. The van der Waals surface area contributed by atoms with Gasteiger partial charge in [-0.15, -0.1) is 0 Å². The van der Waals surface area contributed by atoms with Crippen molar-refractivity contribution in [3.05, 3.63) is 35.9 Å². The maximum Gasteiger partial charge on any atom is 0.384 e. The monoisotopic (exact) mass is 358 g/mol. The largest absolute Gasteiger partial charge is 0.456 e. The Hall–Kier alpha value is -1.79. The predicted octanol–water partition coefficient (Wildman–Crippen LogP) is 5.06. The van der Waals surface area contributed by atoms with Crippen LogP contribution < -0.4 is 0 Å². The molecule has 3 heteroatoms. The fourth-order valence-electron chi connectivity index (χ4n) is 2.92. The number of esters is 1. The van der Waals surface area contributed by atoms with Crippen LogP contribution in [-0.2, 0) is 16.0 Å². The van der Waals surface area contributed by atoms with Crippen LogP contribution >= 0.6 is 0 Å². The molecule has 1 aromatic rings. The molecule has 1 aromatic carbocycles. The predicted molar refractivity (Wildman–Crippen MR) is 107 cm³/mol. The second-order valence-electron chi connectivity index (χ2n) is 6.73. The highest BCUT2D eigenvalue weighted by Gasteiger charge is 2.02. The zero-order valence-electron chi connectivity index (χ0n) is 16.2. The molecule has 0 aromatic heterocycles. The van der Waals surface area contributed by atoms with Crippen molar-refractivity contribution in [1.29, 1.82) is 0 Å². The molecule has 0 saturated heterocycles. The van der Waals surface area contributed by atoms with Crippen LogP contribution in [0.25, 0.3) is 0 Å². The van der Waals surface area contributed by atoms with Gasteiger partial charge in [-0.05, 0) is 31.7 Å². The van der Waals surface area contributed by atoms with Crippen LogP contribution in [0, 0.1) is 11.8 Å². The quantitative estimate of drug-likeness (QED) is 0.232. The Kier molecular flexibility index (Phi) is 13.2. The van der Waals surface area contributed by atoms with Crippen molar-refractivity contribution in [2.75, 3.05) is 6.61 Å². The van der Waals surface area contributed by atoms with Gasteiger partial charge >= 0.3 is 5.97 Å². The van der Waals surface area contributed by atoms with Gasteiger partial charge in [-0.25, -0.2) is 4.79 Å². The first-order chi connectivity index (χ1) is 12.7. The second-order valence-corrected chi connectivity index (χ2v) is 6.73. The topological polar surface area (TPSA) is 46.5 Å². The minimum atomic E-state index is -0.511. The first kappa shape index (κ1) is 22.3. The van der Waals surface area contributed by atoms with Gasteiger partial charge in [0.25, 0.3) is 0 Å². The third kappa shape index (κ3) is 12.6. The van der Waals surface area contributed by atoms with Gasteiger partial charge in [-0.1, -0.05) is 81.2 Å². The number of hydrogen-bond donors (Lipinski definition) is 1. The lowest BCUT2D eigenvalue weighted by molar-refractivity contribution is -0.136. The average molecular weight is 359 g/mol. The van der Waals surface area contributed by atoms with Crippen LogP contribution in [0.15, 0.2) is 30.3 Å². The fourth-order valence-corrected chi connectivity index (χ4v) is 2.92. The van der Waals surface area contributed by atoms with Crippen molar-refractivity contribution in [3.8, 4) is 11.8 Å². The van der Waals surface area contributed by atoms with E-state index in [2.05, 4.69) is 42.2 Å². The van der Waals surface area contributed by atoms with Gasteiger partial charge < -0.3 is 9.84 Å². The molecule has 144 valence electrons. The second kappa shape index (κ2) is 15.5. The van der Waals surface area contributed by atoms with E-state index >= 15 is 0 Å². The summed E-state index contributed by atoms with van der Waals surface area (Å²) < 4.78 is 4.71. The summed E-state index contributed by atoms with van der Waals surface area (Å²) in [4.78, 5) is 11.0. The van der Waals surface area contributed by atoms with Crippen molar-refractivity contribution in [3.63, 3.8) is 0 Å². The Morgan fingerprint density at radius 2 is 1.62 bits per heavy atom. The molecule has 0 aliphatic heterocycles. The smallest absolute Gasteiger partial charge is 0.384 e. The SMILES string of the molecule is CCOC(=O)C#CC[C@H](O)CCCCCCCCCCc1ccccc1. The minimum absolute atomic E-state index is 0.336. The highest BCUT2D eigenvalue weighted by Crippen LogP contribution is 2.13. The maximum atomic E-state index is 11.0. The summed E-state index contributed by atoms with van der Waals surface area (Å²) in [5, 5.41) is 9.83. The fraction of sp³-hybridized carbons (Fsp3) is 0.609. The summed E-state index contributed by atoms with van der Waals surface area (Å²) in [6, 6.07) is 10.7. The van der Waals surface area contributed by atoms with Gasteiger partial charge in [0.2, 0.25) is 0 Å². The van der Waals surface area contributed by atoms with Crippen LogP contribution in [0.3, 0.4) is 0 Å². The number of aliphatic hydroxyl groups is 1. The Labute approximate surface area is 159 Å². The van der Waals surface area contributed by atoms with Crippen molar-refractivity contribution in [2.45, 2.75) is 83.7 Å². The summed E-state index contributed by atoms with van der Waals surface area (Å²) in [6.07, 6.45) is 11.8. The minimum Gasteiger partial charge on any atom is -0.456 e. The Morgan fingerprint density at radius 3 is 2.27 bits per heavy atom. The number of aryl methyl sites for hydroxylation is 1. The first-order valence-electron chi connectivity index (χ1n) is 10.1. The summed E-state index contributed by atoms with van der Waals surface area (Å²) in [6.45, 7) is 2.09. The maximum absolute atomic E-state index is 11.0. The highest BCUT2D eigenvalue weighted by molar-refractivity contribution is 5.88. The van der Waals surface area contributed by atoms with Crippen LogP contribution in [0.2, 0.25) is 0 Å². The molecule has 0 aliphatic carbocycles. The summed E-state index contributed by atoms with van der Waals surface area (Å²) in [5.74, 6) is 4.57. The van der Waals surface area contributed by atoms with Crippen molar-refractivity contribution < 1.29 is 14.6 Å². The Balaban J connectivity index is 1.87. The summed E-state index contributed by atoms with van der Waals surface area (Å²) in [7, 11) is 0. The van der Waals surface area contributed by atoms with E-state index in [9.17, 15) is 9.90 Å². The number of hydrogen-bond acceptors (Lipinski definition) is 3. The zero-order chi connectivity index (χ0) is 18.9. The first-order valence-corrected chi connectivity index (χ1v) is 10.1. The lowest BCUT2D eigenvalue weighted by Gasteiger charge is -2.06. The number of carbonyl (C=O) groups excluding carboxylic acids is 1. The van der Waals surface area contributed by atoms with E-state index in [0.717, 1.165) is 19.3 Å². The lowest BCUT2D eigenvalue weighted by Crippen LogP contribution is -2.05. The molecule has 1 atom stereocenters. The van der Waals surface area contributed by atoms with Gasteiger partial charge in [0.1, 0.15) is 0 Å². The molecular weight excluding hydrogens is 324 g/mol.